The van der Waals surface area contributed by atoms with Gasteiger partial charge < -0.3 is 10.1 Å². The molecule has 0 bridgehead atoms. The molecule has 1 aliphatic heterocycles. The van der Waals surface area contributed by atoms with Crippen molar-refractivity contribution in [2.75, 3.05) is 11.9 Å². The Morgan fingerprint density at radius 3 is 2.67 bits per heavy atom. The van der Waals surface area contributed by atoms with Gasteiger partial charge in [-0.2, -0.15) is 4.98 Å². The van der Waals surface area contributed by atoms with E-state index in [0.29, 0.717) is 25.1 Å². The summed E-state index contributed by atoms with van der Waals surface area (Å²) in [7, 11) is 0. The number of aromatic nitrogens is 3. The van der Waals surface area contributed by atoms with Gasteiger partial charge in [0, 0.05) is 29.6 Å². The van der Waals surface area contributed by atoms with Gasteiger partial charge in [0.15, 0.2) is 0 Å². The summed E-state index contributed by atoms with van der Waals surface area (Å²) < 4.78 is 7.92. The lowest BCUT2D eigenvalue weighted by molar-refractivity contribution is 0.107. The maximum atomic E-state index is 5.72. The van der Waals surface area contributed by atoms with Gasteiger partial charge in [0.1, 0.15) is 5.82 Å². The van der Waals surface area contributed by atoms with Crippen molar-refractivity contribution in [3.05, 3.63) is 83.2 Å². The molecular formula is C25H26N4O. The molecule has 2 aromatic heterocycles. The molecule has 5 rings (SSSR count). The van der Waals surface area contributed by atoms with Crippen molar-refractivity contribution in [2.24, 2.45) is 0 Å². The zero-order valence-electron chi connectivity index (χ0n) is 17.4. The third-order valence-electron chi connectivity index (χ3n) is 5.65. The molecule has 0 fully saturated rings. The molecule has 0 spiro atoms. The number of ether oxygens (including phenoxy) is 1. The Morgan fingerprint density at radius 1 is 1.03 bits per heavy atom. The molecule has 5 heteroatoms. The van der Waals surface area contributed by atoms with E-state index in [1.54, 1.807) is 0 Å². The van der Waals surface area contributed by atoms with Gasteiger partial charge in [0.2, 0.25) is 5.95 Å². The minimum Gasteiger partial charge on any atom is -0.375 e. The summed E-state index contributed by atoms with van der Waals surface area (Å²) in [5, 5.41) is 4.77. The number of fused-ring (bicyclic) bond motifs is 2. The van der Waals surface area contributed by atoms with Crippen LogP contribution < -0.4 is 5.32 Å². The van der Waals surface area contributed by atoms with Crippen LogP contribution in [0, 0.1) is 0 Å². The molecule has 3 heterocycles. The summed E-state index contributed by atoms with van der Waals surface area (Å²) in [5.74, 6) is 1.98. The van der Waals surface area contributed by atoms with Crippen LogP contribution in [0.15, 0.2) is 60.7 Å². The largest absolute Gasteiger partial charge is 0.375 e. The van der Waals surface area contributed by atoms with Crippen LogP contribution in [-0.4, -0.2) is 21.1 Å². The van der Waals surface area contributed by atoms with E-state index in [9.17, 15) is 0 Å². The van der Waals surface area contributed by atoms with Gasteiger partial charge >= 0.3 is 0 Å². The second-order valence-electron chi connectivity index (χ2n) is 8.06. The molecule has 2 aromatic carbocycles. The summed E-state index contributed by atoms with van der Waals surface area (Å²) in [6.07, 6.45) is 0.830. The number of rotatable bonds is 5. The van der Waals surface area contributed by atoms with Crippen LogP contribution in [0.25, 0.3) is 16.9 Å². The topological polar surface area (TPSA) is 52.0 Å². The predicted molar refractivity (Wildman–Crippen MR) is 120 cm³/mol. The summed E-state index contributed by atoms with van der Waals surface area (Å²) in [4.78, 5) is 9.97. The van der Waals surface area contributed by atoms with Gasteiger partial charge in [0.25, 0.3) is 0 Å². The number of anilines is 1. The minimum absolute atomic E-state index is 0.356. The van der Waals surface area contributed by atoms with Crippen LogP contribution >= 0.6 is 0 Å². The summed E-state index contributed by atoms with van der Waals surface area (Å²) in [6, 6.07) is 21.1. The first kappa shape index (κ1) is 18.8. The highest BCUT2D eigenvalue weighted by Gasteiger charge is 2.21. The number of benzene rings is 2. The van der Waals surface area contributed by atoms with Gasteiger partial charge in [-0.25, -0.2) is 4.98 Å². The number of nitrogens with zero attached hydrogens (tertiary/aromatic N) is 3. The molecule has 0 unspecified atom stereocenters. The van der Waals surface area contributed by atoms with Gasteiger partial charge in [-0.05, 0) is 23.6 Å². The third kappa shape index (κ3) is 3.46. The van der Waals surface area contributed by atoms with E-state index >= 15 is 0 Å². The average molecular weight is 399 g/mol. The van der Waals surface area contributed by atoms with Crippen molar-refractivity contribution >= 4 is 16.7 Å². The van der Waals surface area contributed by atoms with Crippen LogP contribution in [0.3, 0.4) is 0 Å². The molecule has 0 atom stereocenters. The minimum atomic E-state index is 0.356. The first-order valence-electron chi connectivity index (χ1n) is 10.6. The molecular weight excluding hydrogens is 372 g/mol. The van der Waals surface area contributed by atoms with E-state index < -0.39 is 0 Å². The van der Waals surface area contributed by atoms with Crippen LogP contribution in [0.1, 0.15) is 42.3 Å². The first-order valence-corrected chi connectivity index (χ1v) is 10.6. The maximum Gasteiger partial charge on any atom is 0.236 e. The fourth-order valence-corrected chi connectivity index (χ4v) is 4.09. The highest BCUT2D eigenvalue weighted by Crippen LogP contribution is 2.30. The molecule has 0 amide bonds. The van der Waals surface area contributed by atoms with Crippen molar-refractivity contribution in [2.45, 2.75) is 39.3 Å². The Kier molecular flexibility index (Phi) is 4.97. The monoisotopic (exact) mass is 398 g/mol. The van der Waals surface area contributed by atoms with E-state index in [1.807, 2.05) is 6.07 Å². The zero-order chi connectivity index (χ0) is 20.5. The SMILES string of the molecule is CC(C)c1cc2ccccc2n1-c1nc2c(c(NCc3ccccc3)n1)CCOC2. The van der Waals surface area contributed by atoms with Gasteiger partial charge in [-0.1, -0.05) is 62.4 Å². The normalized spacial score (nSPS) is 13.6. The molecule has 0 saturated heterocycles. The smallest absolute Gasteiger partial charge is 0.236 e. The Morgan fingerprint density at radius 2 is 1.83 bits per heavy atom. The standard InChI is InChI=1S/C25H26N4O/c1-17(2)23-14-19-10-6-7-11-22(19)29(23)25-27-21-16-30-13-12-20(21)24(28-25)26-15-18-8-4-3-5-9-18/h3-11,14,17H,12-13,15-16H2,1-2H3,(H,26,27,28). The predicted octanol–water partition coefficient (Wildman–Crippen LogP) is 5.23. The lowest BCUT2D eigenvalue weighted by Crippen LogP contribution is -2.19. The molecule has 5 nitrogen and oxygen atoms in total. The summed E-state index contributed by atoms with van der Waals surface area (Å²) in [5.41, 5.74) is 5.72. The van der Waals surface area contributed by atoms with Crippen molar-refractivity contribution in [1.29, 1.82) is 0 Å². The zero-order valence-corrected chi connectivity index (χ0v) is 17.4. The van der Waals surface area contributed by atoms with Crippen molar-refractivity contribution in [3.63, 3.8) is 0 Å². The Hall–Kier alpha value is -3.18. The van der Waals surface area contributed by atoms with Crippen LogP contribution in [0.2, 0.25) is 0 Å². The Balaban J connectivity index is 1.63. The molecule has 4 aromatic rings. The van der Waals surface area contributed by atoms with Crippen LogP contribution in [0.5, 0.6) is 0 Å². The lowest BCUT2D eigenvalue weighted by Gasteiger charge is -2.21. The fourth-order valence-electron chi connectivity index (χ4n) is 4.09. The van der Waals surface area contributed by atoms with Crippen molar-refractivity contribution < 1.29 is 4.74 Å². The van der Waals surface area contributed by atoms with E-state index in [0.717, 1.165) is 30.0 Å². The van der Waals surface area contributed by atoms with E-state index in [1.165, 1.54) is 22.2 Å². The number of hydrogen-bond donors (Lipinski definition) is 1. The lowest BCUT2D eigenvalue weighted by atomic mass is 10.1. The summed E-state index contributed by atoms with van der Waals surface area (Å²) in [6.45, 7) is 6.39. The van der Waals surface area contributed by atoms with Crippen LogP contribution in [-0.2, 0) is 24.3 Å². The second-order valence-corrected chi connectivity index (χ2v) is 8.06. The van der Waals surface area contributed by atoms with Gasteiger partial charge in [-0.15, -0.1) is 0 Å². The molecule has 30 heavy (non-hydrogen) atoms. The quantitative estimate of drug-likeness (QED) is 0.500. The molecule has 1 aliphatic rings. The van der Waals surface area contributed by atoms with E-state index in [-0.39, 0.29) is 0 Å². The molecule has 152 valence electrons. The maximum absolute atomic E-state index is 5.72. The third-order valence-corrected chi connectivity index (χ3v) is 5.65. The molecule has 0 saturated carbocycles. The van der Waals surface area contributed by atoms with Gasteiger partial charge in [0.05, 0.1) is 24.4 Å². The molecule has 0 radical (unpaired) electrons. The van der Waals surface area contributed by atoms with Crippen molar-refractivity contribution in [1.82, 2.24) is 14.5 Å². The van der Waals surface area contributed by atoms with E-state index in [4.69, 9.17) is 14.7 Å². The second kappa shape index (κ2) is 7.92. The number of para-hydroxylation sites is 1. The van der Waals surface area contributed by atoms with Gasteiger partial charge in [-0.3, -0.25) is 4.57 Å². The highest BCUT2D eigenvalue weighted by atomic mass is 16.5. The van der Waals surface area contributed by atoms with Crippen LogP contribution in [0.4, 0.5) is 5.82 Å². The number of hydrogen-bond acceptors (Lipinski definition) is 4. The molecule has 0 aliphatic carbocycles. The van der Waals surface area contributed by atoms with E-state index in [2.05, 4.69) is 78.3 Å². The fraction of sp³-hybridized carbons (Fsp3) is 0.280. The average Bonchev–Trinajstić information content (AvgIpc) is 3.18. The number of nitrogens with one attached hydrogen (secondary N) is 1. The van der Waals surface area contributed by atoms with Crippen molar-refractivity contribution in [3.8, 4) is 5.95 Å². The Bertz CT molecular complexity index is 1180. The first-order chi connectivity index (χ1) is 14.7. The highest BCUT2D eigenvalue weighted by molar-refractivity contribution is 5.83. The Labute approximate surface area is 176 Å². The summed E-state index contributed by atoms with van der Waals surface area (Å²) >= 11 is 0. The molecule has 1 N–H and O–H groups in total.